The lowest BCUT2D eigenvalue weighted by Crippen LogP contribution is -2.41. The zero-order valence-corrected chi connectivity index (χ0v) is 16.5. The van der Waals surface area contributed by atoms with E-state index in [1.165, 1.54) is 12.5 Å². The van der Waals surface area contributed by atoms with Crippen molar-refractivity contribution in [3.63, 3.8) is 0 Å². The van der Waals surface area contributed by atoms with Gasteiger partial charge in [0.15, 0.2) is 5.96 Å². The minimum absolute atomic E-state index is 0.0953. The SMILES string of the molecule is CN=C(NCCOc1cccc(NC(C)=O)c1)N1CCC(c2ccccc2)C1. The number of carbonyl (C=O) groups excluding carboxylic acids is 1. The molecule has 1 aliphatic rings. The summed E-state index contributed by atoms with van der Waals surface area (Å²) in [6.45, 7) is 4.63. The fourth-order valence-electron chi connectivity index (χ4n) is 3.48. The highest BCUT2D eigenvalue weighted by atomic mass is 16.5. The van der Waals surface area contributed by atoms with E-state index in [1.807, 2.05) is 31.3 Å². The Morgan fingerprint density at radius 1 is 1.21 bits per heavy atom. The molecule has 2 aromatic carbocycles. The Kier molecular flexibility index (Phi) is 6.89. The molecule has 1 atom stereocenters. The van der Waals surface area contributed by atoms with Crippen LogP contribution >= 0.6 is 0 Å². The summed E-state index contributed by atoms with van der Waals surface area (Å²) < 4.78 is 5.79. The van der Waals surface area contributed by atoms with E-state index < -0.39 is 0 Å². The maximum Gasteiger partial charge on any atom is 0.221 e. The highest BCUT2D eigenvalue weighted by Crippen LogP contribution is 2.26. The summed E-state index contributed by atoms with van der Waals surface area (Å²) in [5.41, 5.74) is 2.13. The Bertz CT molecular complexity index is 807. The van der Waals surface area contributed by atoms with E-state index in [1.54, 1.807) is 0 Å². The van der Waals surface area contributed by atoms with E-state index in [4.69, 9.17) is 4.74 Å². The van der Waals surface area contributed by atoms with Crippen LogP contribution in [0.25, 0.3) is 0 Å². The summed E-state index contributed by atoms with van der Waals surface area (Å²) in [5, 5.41) is 6.14. The third-order valence-corrected chi connectivity index (χ3v) is 4.78. The van der Waals surface area contributed by atoms with Gasteiger partial charge in [0.05, 0.1) is 6.54 Å². The van der Waals surface area contributed by atoms with Crippen molar-refractivity contribution in [3.8, 4) is 5.75 Å². The number of carbonyl (C=O) groups is 1. The normalized spacial score (nSPS) is 16.7. The molecule has 1 unspecified atom stereocenters. The number of benzene rings is 2. The summed E-state index contributed by atoms with van der Waals surface area (Å²) in [4.78, 5) is 17.9. The average molecular weight is 380 g/mol. The number of hydrogen-bond donors (Lipinski definition) is 2. The number of ether oxygens (including phenoxy) is 1. The zero-order chi connectivity index (χ0) is 19.8. The van der Waals surface area contributed by atoms with E-state index in [9.17, 15) is 4.79 Å². The lowest BCUT2D eigenvalue weighted by atomic mass is 9.99. The molecule has 6 nitrogen and oxygen atoms in total. The first-order chi connectivity index (χ1) is 13.7. The van der Waals surface area contributed by atoms with Gasteiger partial charge in [-0.3, -0.25) is 9.79 Å². The van der Waals surface area contributed by atoms with Crippen molar-refractivity contribution in [2.24, 2.45) is 4.99 Å². The number of anilines is 1. The minimum Gasteiger partial charge on any atom is -0.492 e. The van der Waals surface area contributed by atoms with Crippen molar-refractivity contribution in [2.75, 3.05) is 38.6 Å². The molecule has 0 saturated carbocycles. The van der Waals surface area contributed by atoms with Crippen LogP contribution < -0.4 is 15.4 Å². The van der Waals surface area contributed by atoms with Gasteiger partial charge >= 0.3 is 0 Å². The first-order valence-corrected chi connectivity index (χ1v) is 9.66. The molecule has 148 valence electrons. The molecule has 1 heterocycles. The molecule has 3 rings (SSSR count). The van der Waals surface area contributed by atoms with Gasteiger partial charge in [0.25, 0.3) is 0 Å². The number of rotatable bonds is 6. The smallest absolute Gasteiger partial charge is 0.221 e. The van der Waals surface area contributed by atoms with Crippen molar-refractivity contribution in [3.05, 3.63) is 60.2 Å². The average Bonchev–Trinajstić information content (AvgIpc) is 3.18. The Labute approximate surface area is 166 Å². The van der Waals surface area contributed by atoms with Crippen LogP contribution in [0.3, 0.4) is 0 Å². The molecule has 1 fully saturated rings. The molecule has 1 aliphatic heterocycles. The second-order valence-corrected chi connectivity index (χ2v) is 6.87. The van der Waals surface area contributed by atoms with Gasteiger partial charge in [-0.15, -0.1) is 0 Å². The molecule has 0 bridgehead atoms. The van der Waals surface area contributed by atoms with E-state index >= 15 is 0 Å². The highest BCUT2D eigenvalue weighted by molar-refractivity contribution is 5.88. The standard InChI is InChI=1S/C22H28N4O2/c1-17(27)25-20-9-6-10-21(15-20)28-14-12-24-22(23-2)26-13-11-19(16-26)18-7-4-3-5-8-18/h3-10,15,19H,11-14,16H2,1-2H3,(H,23,24)(H,25,27). The van der Waals surface area contributed by atoms with E-state index in [-0.39, 0.29) is 5.91 Å². The third-order valence-electron chi connectivity index (χ3n) is 4.78. The first-order valence-electron chi connectivity index (χ1n) is 9.66. The Morgan fingerprint density at radius 2 is 2.04 bits per heavy atom. The quantitative estimate of drug-likeness (QED) is 0.459. The molecule has 2 N–H and O–H groups in total. The summed E-state index contributed by atoms with van der Waals surface area (Å²) in [6, 6.07) is 18.1. The van der Waals surface area contributed by atoms with Crippen molar-refractivity contribution in [2.45, 2.75) is 19.3 Å². The predicted octanol–water partition coefficient (Wildman–Crippen LogP) is 3.09. The van der Waals surface area contributed by atoms with Crippen molar-refractivity contribution >= 4 is 17.6 Å². The first kappa shape index (κ1) is 19.7. The molecule has 0 aromatic heterocycles. The van der Waals surface area contributed by atoms with Crippen molar-refractivity contribution in [1.29, 1.82) is 0 Å². The van der Waals surface area contributed by atoms with Crippen LogP contribution in [0.4, 0.5) is 5.69 Å². The largest absolute Gasteiger partial charge is 0.492 e. The minimum atomic E-state index is -0.0953. The molecule has 0 spiro atoms. The molecule has 1 amide bonds. The van der Waals surface area contributed by atoms with Crippen LogP contribution in [0.1, 0.15) is 24.8 Å². The third kappa shape index (κ3) is 5.49. The Morgan fingerprint density at radius 3 is 2.79 bits per heavy atom. The van der Waals surface area contributed by atoms with Gasteiger partial charge in [0, 0.05) is 44.7 Å². The van der Waals surface area contributed by atoms with Crippen LogP contribution in [-0.2, 0) is 4.79 Å². The summed E-state index contributed by atoms with van der Waals surface area (Å²) in [5.74, 6) is 2.09. The van der Waals surface area contributed by atoms with Crippen molar-refractivity contribution in [1.82, 2.24) is 10.2 Å². The van der Waals surface area contributed by atoms with Gasteiger partial charge in [-0.25, -0.2) is 0 Å². The Balaban J connectivity index is 1.44. The van der Waals surface area contributed by atoms with Crippen molar-refractivity contribution < 1.29 is 9.53 Å². The number of likely N-dealkylation sites (tertiary alicyclic amines) is 1. The van der Waals surface area contributed by atoms with E-state index in [0.717, 1.165) is 36.9 Å². The maximum absolute atomic E-state index is 11.2. The molecule has 28 heavy (non-hydrogen) atoms. The highest BCUT2D eigenvalue weighted by Gasteiger charge is 2.25. The zero-order valence-electron chi connectivity index (χ0n) is 16.5. The number of guanidine groups is 1. The number of nitrogens with one attached hydrogen (secondary N) is 2. The van der Waals surface area contributed by atoms with Crippen LogP contribution in [-0.4, -0.2) is 50.1 Å². The monoisotopic (exact) mass is 380 g/mol. The topological polar surface area (TPSA) is 66.0 Å². The number of amides is 1. The Hall–Kier alpha value is -3.02. The second kappa shape index (κ2) is 9.78. The summed E-state index contributed by atoms with van der Waals surface area (Å²) in [6.07, 6.45) is 1.14. The van der Waals surface area contributed by atoms with Gasteiger partial charge in [-0.05, 0) is 24.1 Å². The molecular formula is C22H28N4O2. The molecule has 2 aromatic rings. The molecular weight excluding hydrogens is 352 g/mol. The molecule has 6 heteroatoms. The number of aliphatic imine (C=N–C) groups is 1. The van der Waals surface area contributed by atoms with Gasteiger partial charge < -0.3 is 20.3 Å². The number of hydrogen-bond acceptors (Lipinski definition) is 3. The van der Waals surface area contributed by atoms with Gasteiger partial charge in [0.1, 0.15) is 12.4 Å². The number of nitrogens with zero attached hydrogens (tertiary/aromatic N) is 2. The van der Waals surface area contributed by atoms with Gasteiger partial charge in [-0.1, -0.05) is 36.4 Å². The molecule has 0 radical (unpaired) electrons. The van der Waals surface area contributed by atoms with E-state index in [2.05, 4.69) is 50.9 Å². The van der Waals surface area contributed by atoms with Crippen LogP contribution in [0.2, 0.25) is 0 Å². The van der Waals surface area contributed by atoms with Crippen LogP contribution in [0.5, 0.6) is 5.75 Å². The van der Waals surface area contributed by atoms with Gasteiger partial charge in [-0.2, -0.15) is 0 Å². The molecule has 0 aliphatic carbocycles. The molecule has 1 saturated heterocycles. The maximum atomic E-state index is 11.2. The van der Waals surface area contributed by atoms with Crippen LogP contribution in [0, 0.1) is 0 Å². The van der Waals surface area contributed by atoms with Crippen LogP contribution in [0.15, 0.2) is 59.6 Å². The second-order valence-electron chi connectivity index (χ2n) is 6.87. The van der Waals surface area contributed by atoms with Gasteiger partial charge in [0.2, 0.25) is 5.91 Å². The predicted molar refractivity (Wildman–Crippen MR) is 113 cm³/mol. The summed E-state index contributed by atoms with van der Waals surface area (Å²) >= 11 is 0. The van der Waals surface area contributed by atoms with E-state index in [0.29, 0.717) is 19.1 Å². The lowest BCUT2D eigenvalue weighted by molar-refractivity contribution is -0.114. The fraction of sp³-hybridized carbons (Fsp3) is 0.364. The lowest BCUT2D eigenvalue weighted by Gasteiger charge is -2.22. The summed E-state index contributed by atoms with van der Waals surface area (Å²) in [7, 11) is 1.82. The fourth-order valence-corrected chi connectivity index (χ4v) is 3.48.